The van der Waals surface area contributed by atoms with Crippen LogP contribution in [0.3, 0.4) is 0 Å². The van der Waals surface area contributed by atoms with Crippen molar-refractivity contribution in [3.63, 3.8) is 0 Å². The fraction of sp³-hybridized carbons (Fsp3) is 0.464. The first-order valence-electron chi connectivity index (χ1n) is 12.3. The van der Waals surface area contributed by atoms with Crippen molar-refractivity contribution in [3.8, 4) is 11.1 Å². The number of carboxylic acids is 1. The normalized spacial score (nSPS) is 16.6. The number of ether oxygens (including phenoxy) is 1. The Hall–Kier alpha value is -3.35. The monoisotopic (exact) mass is 478 g/mol. The van der Waals surface area contributed by atoms with Gasteiger partial charge < -0.3 is 20.5 Å². The summed E-state index contributed by atoms with van der Waals surface area (Å²) in [6.07, 6.45) is 3.04. The minimum Gasteiger partial charge on any atom is -0.480 e. The number of hydrogen-bond acceptors (Lipinski definition) is 4. The highest BCUT2D eigenvalue weighted by molar-refractivity contribution is 5.87. The van der Waals surface area contributed by atoms with Crippen molar-refractivity contribution in [1.29, 1.82) is 0 Å². The van der Waals surface area contributed by atoms with Gasteiger partial charge in [-0.05, 0) is 40.5 Å². The average molecular weight is 479 g/mol. The van der Waals surface area contributed by atoms with Gasteiger partial charge in [-0.3, -0.25) is 4.79 Å². The molecule has 2 aliphatic carbocycles. The predicted molar refractivity (Wildman–Crippen MR) is 133 cm³/mol. The second-order valence-corrected chi connectivity index (χ2v) is 10.5. The first-order chi connectivity index (χ1) is 16.7. The number of carbonyl (C=O) groups excluding carboxylic acids is 2. The van der Waals surface area contributed by atoms with E-state index in [9.17, 15) is 19.5 Å². The number of aliphatic carboxylic acids is 1. The Balaban J connectivity index is 1.29. The van der Waals surface area contributed by atoms with E-state index in [1.54, 1.807) is 0 Å². The van der Waals surface area contributed by atoms with Crippen LogP contribution in [0.15, 0.2) is 48.5 Å². The number of alkyl carbamates (subject to hydrolysis) is 1. The third kappa shape index (κ3) is 5.50. The van der Waals surface area contributed by atoms with Gasteiger partial charge in [0.2, 0.25) is 5.91 Å². The Labute approximate surface area is 206 Å². The molecule has 0 unspecified atom stereocenters. The maximum absolute atomic E-state index is 12.7. The van der Waals surface area contributed by atoms with Crippen LogP contribution in [0.5, 0.6) is 0 Å². The lowest BCUT2D eigenvalue weighted by molar-refractivity contribution is -0.149. The number of carbonyl (C=O) groups is 3. The van der Waals surface area contributed by atoms with Gasteiger partial charge in [-0.15, -0.1) is 0 Å². The van der Waals surface area contributed by atoms with Gasteiger partial charge >= 0.3 is 12.1 Å². The highest BCUT2D eigenvalue weighted by Gasteiger charge is 2.41. The molecule has 2 amide bonds. The molecule has 2 aliphatic rings. The molecule has 0 heterocycles. The zero-order valence-corrected chi connectivity index (χ0v) is 20.4. The fourth-order valence-electron chi connectivity index (χ4n) is 5.32. The zero-order chi connectivity index (χ0) is 25.1. The first-order valence-corrected chi connectivity index (χ1v) is 12.3. The molecule has 35 heavy (non-hydrogen) atoms. The zero-order valence-electron chi connectivity index (χ0n) is 20.4. The van der Waals surface area contributed by atoms with Crippen LogP contribution in [0, 0.1) is 5.41 Å². The summed E-state index contributed by atoms with van der Waals surface area (Å²) in [5.74, 6) is -1.30. The van der Waals surface area contributed by atoms with Gasteiger partial charge in [-0.2, -0.15) is 0 Å². The van der Waals surface area contributed by atoms with E-state index in [0.717, 1.165) is 30.4 Å². The molecule has 1 fully saturated rings. The molecular formula is C28H34N2O5. The van der Waals surface area contributed by atoms with Crippen LogP contribution in [0.4, 0.5) is 4.79 Å². The minimum absolute atomic E-state index is 0.0189. The van der Waals surface area contributed by atoms with Crippen molar-refractivity contribution >= 4 is 18.0 Å². The largest absolute Gasteiger partial charge is 0.480 e. The Kier molecular flexibility index (Phi) is 7.15. The van der Waals surface area contributed by atoms with Crippen molar-refractivity contribution in [3.05, 3.63) is 59.7 Å². The predicted octanol–water partition coefficient (Wildman–Crippen LogP) is 4.85. The average Bonchev–Trinajstić information content (AvgIpc) is 3.15. The topological polar surface area (TPSA) is 105 Å². The molecule has 0 spiro atoms. The van der Waals surface area contributed by atoms with Gasteiger partial charge in [0.25, 0.3) is 0 Å². The maximum Gasteiger partial charge on any atom is 0.407 e. The lowest BCUT2D eigenvalue weighted by Crippen LogP contribution is -2.56. The summed E-state index contributed by atoms with van der Waals surface area (Å²) in [5, 5.41) is 15.2. The second-order valence-electron chi connectivity index (χ2n) is 10.5. The van der Waals surface area contributed by atoms with Crippen molar-refractivity contribution in [2.45, 2.75) is 63.8 Å². The van der Waals surface area contributed by atoms with E-state index in [1.165, 1.54) is 11.1 Å². The lowest BCUT2D eigenvalue weighted by Gasteiger charge is -2.35. The number of nitrogens with one attached hydrogen (secondary N) is 2. The third-order valence-corrected chi connectivity index (χ3v) is 7.19. The van der Waals surface area contributed by atoms with E-state index < -0.39 is 23.0 Å². The molecule has 4 rings (SSSR count). The Morgan fingerprint density at radius 3 is 2.11 bits per heavy atom. The van der Waals surface area contributed by atoms with Crippen LogP contribution in [0.1, 0.15) is 69.4 Å². The number of fused-ring (bicyclic) bond motifs is 3. The molecule has 3 N–H and O–H groups in total. The van der Waals surface area contributed by atoms with Crippen molar-refractivity contribution in [2.24, 2.45) is 5.41 Å². The van der Waals surface area contributed by atoms with Crippen LogP contribution in [-0.4, -0.2) is 41.8 Å². The number of hydrogen-bond donors (Lipinski definition) is 3. The Morgan fingerprint density at radius 1 is 0.971 bits per heavy atom. The van der Waals surface area contributed by atoms with Gasteiger partial charge in [0.05, 0.1) is 0 Å². The van der Waals surface area contributed by atoms with Gasteiger partial charge in [0, 0.05) is 18.9 Å². The summed E-state index contributed by atoms with van der Waals surface area (Å²) in [4.78, 5) is 37.0. The first kappa shape index (κ1) is 24.8. The molecule has 0 saturated heterocycles. The molecule has 0 aromatic heterocycles. The molecule has 0 bridgehead atoms. The van der Waals surface area contributed by atoms with Crippen molar-refractivity contribution < 1.29 is 24.2 Å². The molecule has 2 aromatic rings. The van der Waals surface area contributed by atoms with E-state index in [1.807, 2.05) is 38.1 Å². The number of amides is 2. The van der Waals surface area contributed by atoms with Gasteiger partial charge in [0.1, 0.15) is 12.1 Å². The van der Waals surface area contributed by atoms with E-state index >= 15 is 0 Å². The summed E-state index contributed by atoms with van der Waals surface area (Å²) in [6, 6.07) is 16.3. The third-order valence-electron chi connectivity index (χ3n) is 7.19. The lowest BCUT2D eigenvalue weighted by atomic mass is 9.81. The molecule has 1 saturated carbocycles. The van der Waals surface area contributed by atoms with Gasteiger partial charge in [0.15, 0.2) is 0 Å². The highest BCUT2D eigenvalue weighted by atomic mass is 16.5. The quantitative estimate of drug-likeness (QED) is 0.503. The molecular weight excluding hydrogens is 444 g/mol. The SMILES string of the molecule is CC(C)(CNC(=O)OCC1c2ccccc2-c2ccccc21)CC(=O)NC1(C(=O)O)CCCCC1. The van der Waals surface area contributed by atoms with Crippen molar-refractivity contribution in [2.75, 3.05) is 13.2 Å². The molecule has 186 valence electrons. The van der Waals surface area contributed by atoms with Crippen LogP contribution < -0.4 is 10.6 Å². The van der Waals surface area contributed by atoms with Crippen LogP contribution in [0.25, 0.3) is 11.1 Å². The molecule has 0 radical (unpaired) electrons. The Bertz CT molecular complexity index is 1060. The maximum atomic E-state index is 12.7. The smallest absolute Gasteiger partial charge is 0.407 e. The van der Waals surface area contributed by atoms with E-state index in [0.29, 0.717) is 12.8 Å². The molecule has 0 atom stereocenters. The minimum atomic E-state index is -1.17. The standard InChI is InChI=1S/C28H34N2O5/c1-27(2,16-24(31)30-28(25(32)33)14-8-3-9-15-28)18-29-26(34)35-17-23-21-12-6-4-10-19(21)20-11-5-7-13-22(20)23/h4-7,10-13,23H,3,8-9,14-18H2,1-2H3,(H,29,34)(H,30,31)(H,32,33). The van der Waals surface area contributed by atoms with Crippen LogP contribution in [0.2, 0.25) is 0 Å². The number of benzene rings is 2. The van der Waals surface area contributed by atoms with Gasteiger partial charge in [-0.25, -0.2) is 9.59 Å². The van der Waals surface area contributed by atoms with Gasteiger partial charge in [-0.1, -0.05) is 81.6 Å². The molecule has 2 aromatic carbocycles. The van der Waals surface area contributed by atoms with Crippen molar-refractivity contribution in [1.82, 2.24) is 10.6 Å². The summed E-state index contributed by atoms with van der Waals surface area (Å²) >= 11 is 0. The molecule has 0 aliphatic heterocycles. The second kappa shape index (κ2) is 10.1. The van der Waals surface area contributed by atoms with Crippen LogP contribution in [-0.2, 0) is 14.3 Å². The number of rotatable bonds is 8. The summed E-state index contributed by atoms with van der Waals surface area (Å²) in [7, 11) is 0. The van der Waals surface area contributed by atoms with E-state index in [-0.39, 0.29) is 31.4 Å². The summed E-state index contributed by atoms with van der Waals surface area (Å²) in [6.45, 7) is 4.19. The molecule has 7 heteroatoms. The Morgan fingerprint density at radius 2 is 1.54 bits per heavy atom. The van der Waals surface area contributed by atoms with Crippen LogP contribution >= 0.6 is 0 Å². The fourth-order valence-corrected chi connectivity index (χ4v) is 5.32. The van der Waals surface area contributed by atoms with E-state index in [4.69, 9.17) is 4.74 Å². The molecule has 7 nitrogen and oxygen atoms in total. The summed E-state index contributed by atoms with van der Waals surface area (Å²) < 4.78 is 5.58. The highest BCUT2D eigenvalue weighted by Crippen LogP contribution is 2.44. The van der Waals surface area contributed by atoms with E-state index in [2.05, 4.69) is 34.9 Å². The number of carboxylic acid groups (broad SMARTS) is 1. The summed E-state index contributed by atoms with van der Waals surface area (Å²) in [5.41, 5.74) is 2.89.